The fraction of sp³-hybridized carbons (Fsp3) is 0.381. The van der Waals surface area contributed by atoms with Crippen molar-refractivity contribution in [1.29, 1.82) is 0 Å². The predicted octanol–water partition coefficient (Wildman–Crippen LogP) is 5.08. The molecule has 28 heavy (non-hydrogen) atoms. The van der Waals surface area contributed by atoms with Gasteiger partial charge in [-0.1, -0.05) is 38.5 Å². The molecule has 0 atom stereocenters. The summed E-state index contributed by atoms with van der Waals surface area (Å²) in [6, 6.07) is 14.2. The fourth-order valence-corrected chi connectivity index (χ4v) is 4.06. The topological polar surface area (TPSA) is 67.8 Å². The number of sulfonamides is 1. The van der Waals surface area contributed by atoms with Gasteiger partial charge in [0.05, 0.1) is 10.6 Å². The second-order valence-electron chi connectivity index (χ2n) is 8.49. The maximum Gasteiger partial charge on any atom is 0.276 e. The number of nitrogens with one attached hydrogen (secondary N) is 1. The van der Waals surface area contributed by atoms with Gasteiger partial charge in [0.2, 0.25) is 8.32 Å². The maximum atomic E-state index is 12.4. The third kappa shape index (κ3) is 5.45. The van der Waals surface area contributed by atoms with Crippen molar-refractivity contribution >= 4 is 24.1 Å². The summed E-state index contributed by atoms with van der Waals surface area (Å²) in [5.41, 5.74) is 2.40. The van der Waals surface area contributed by atoms with Crippen LogP contribution in [0.4, 0.5) is 0 Å². The standard InChI is InChI=1S/C21H30N2O3SSi/c1-16-8-14-20(15-9-16)27(24,25)23-22-17(2)18-10-12-19(13-11-18)26-28(6,7)21(3,4)5/h8-15,23H,1-7H3/b22-17+. The van der Waals surface area contributed by atoms with Gasteiger partial charge in [-0.3, -0.25) is 0 Å². The summed E-state index contributed by atoms with van der Waals surface area (Å²) in [6.45, 7) is 14.7. The molecule has 0 unspecified atom stereocenters. The van der Waals surface area contributed by atoms with Crippen molar-refractivity contribution in [2.45, 2.75) is 57.6 Å². The highest BCUT2D eigenvalue weighted by Gasteiger charge is 2.38. The first kappa shape index (κ1) is 22.2. The first-order valence-electron chi connectivity index (χ1n) is 9.24. The van der Waals surface area contributed by atoms with Gasteiger partial charge < -0.3 is 4.43 Å². The minimum atomic E-state index is -3.69. The molecule has 152 valence electrons. The first-order valence-corrected chi connectivity index (χ1v) is 13.6. The van der Waals surface area contributed by atoms with Crippen molar-refractivity contribution in [3.8, 4) is 5.75 Å². The summed E-state index contributed by atoms with van der Waals surface area (Å²) in [5.74, 6) is 0.823. The van der Waals surface area contributed by atoms with Crippen molar-refractivity contribution in [3.05, 3.63) is 59.7 Å². The van der Waals surface area contributed by atoms with Gasteiger partial charge in [-0.25, -0.2) is 0 Å². The van der Waals surface area contributed by atoms with E-state index in [1.54, 1.807) is 31.2 Å². The molecule has 0 spiro atoms. The number of aryl methyl sites for hydroxylation is 1. The van der Waals surface area contributed by atoms with Crippen LogP contribution in [0.1, 0.15) is 38.8 Å². The molecule has 0 bridgehead atoms. The molecule has 5 nitrogen and oxygen atoms in total. The molecule has 7 heteroatoms. The predicted molar refractivity (Wildman–Crippen MR) is 118 cm³/mol. The summed E-state index contributed by atoms with van der Waals surface area (Å²) < 4.78 is 31.0. The van der Waals surface area contributed by atoms with Crippen LogP contribution in [-0.2, 0) is 10.0 Å². The zero-order chi connectivity index (χ0) is 21.2. The summed E-state index contributed by atoms with van der Waals surface area (Å²) in [5, 5.41) is 4.18. The normalized spacial score (nSPS) is 13.3. The van der Waals surface area contributed by atoms with Gasteiger partial charge in [-0.05, 0) is 73.9 Å². The van der Waals surface area contributed by atoms with Crippen LogP contribution >= 0.6 is 0 Å². The Morgan fingerprint density at radius 2 is 1.54 bits per heavy atom. The zero-order valence-electron chi connectivity index (χ0n) is 17.7. The van der Waals surface area contributed by atoms with E-state index in [1.807, 2.05) is 31.2 Å². The summed E-state index contributed by atoms with van der Waals surface area (Å²) >= 11 is 0. The molecule has 1 N–H and O–H groups in total. The Hall–Kier alpha value is -2.12. The van der Waals surface area contributed by atoms with E-state index in [0.29, 0.717) is 5.71 Å². The highest BCUT2D eigenvalue weighted by atomic mass is 32.2. The van der Waals surface area contributed by atoms with E-state index in [1.165, 1.54) is 0 Å². The van der Waals surface area contributed by atoms with Crippen LogP contribution < -0.4 is 9.26 Å². The summed E-state index contributed by atoms with van der Waals surface area (Å²) in [7, 11) is -5.58. The second-order valence-corrected chi connectivity index (χ2v) is 14.9. The first-order chi connectivity index (χ1) is 12.8. The van der Waals surface area contributed by atoms with Crippen LogP contribution in [0.25, 0.3) is 0 Å². The van der Waals surface area contributed by atoms with Crippen LogP contribution in [0.3, 0.4) is 0 Å². The highest BCUT2D eigenvalue weighted by molar-refractivity contribution is 7.89. The Labute approximate surface area is 170 Å². The second kappa shape index (κ2) is 8.09. The van der Waals surface area contributed by atoms with E-state index in [4.69, 9.17) is 4.43 Å². The summed E-state index contributed by atoms with van der Waals surface area (Å²) in [4.78, 5) is 2.49. The molecule has 0 aliphatic carbocycles. The molecule has 0 amide bonds. The van der Waals surface area contributed by atoms with Crippen molar-refractivity contribution in [2.24, 2.45) is 5.10 Å². The monoisotopic (exact) mass is 418 g/mol. The number of hydrazone groups is 1. The van der Waals surface area contributed by atoms with Gasteiger partial charge in [-0.15, -0.1) is 0 Å². The molecule has 2 rings (SSSR count). The number of benzene rings is 2. The SMILES string of the molecule is C/C(=N\NS(=O)(=O)c1ccc(C)cc1)c1ccc(O[Si](C)(C)C(C)(C)C)cc1. The Kier molecular flexibility index (Phi) is 6.40. The Morgan fingerprint density at radius 3 is 2.04 bits per heavy atom. The Balaban J connectivity index is 2.12. The van der Waals surface area contributed by atoms with E-state index in [0.717, 1.165) is 16.9 Å². The molecule has 2 aromatic rings. The third-order valence-electron chi connectivity index (χ3n) is 5.12. The molecule has 0 aliphatic heterocycles. The fourth-order valence-electron chi connectivity index (χ4n) is 2.18. The molecule has 0 saturated carbocycles. The van der Waals surface area contributed by atoms with E-state index < -0.39 is 18.3 Å². The van der Waals surface area contributed by atoms with E-state index >= 15 is 0 Å². The highest BCUT2D eigenvalue weighted by Crippen LogP contribution is 2.37. The quantitative estimate of drug-likeness (QED) is 0.404. The van der Waals surface area contributed by atoms with Crippen LogP contribution in [0, 0.1) is 6.92 Å². The molecule has 0 heterocycles. The van der Waals surface area contributed by atoms with Gasteiger partial charge in [0.1, 0.15) is 5.75 Å². The average molecular weight is 419 g/mol. The molecule has 0 saturated heterocycles. The van der Waals surface area contributed by atoms with Crippen LogP contribution in [0.15, 0.2) is 58.5 Å². The molecule has 0 radical (unpaired) electrons. The van der Waals surface area contributed by atoms with Crippen molar-refractivity contribution in [3.63, 3.8) is 0 Å². The molecule has 0 aliphatic rings. The smallest absolute Gasteiger partial charge is 0.276 e. The lowest BCUT2D eigenvalue weighted by Crippen LogP contribution is -2.43. The van der Waals surface area contributed by atoms with E-state index in [2.05, 4.69) is 43.8 Å². The van der Waals surface area contributed by atoms with Crippen LogP contribution in [-0.4, -0.2) is 22.4 Å². The summed E-state index contributed by atoms with van der Waals surface area (Å²) in [6.07, 6.45) is 0. The minimum Gasteiger partial charge on any atom is -0.544 e. The van der Waals surface area contributed by atoms with Crippen LogP contribution in [0.5, 0.6) is 5.75 Å². The lowest BCUT2D eigenvalue weighted by molar-refractivity contribution is 0.492. The lowest BCUT2D eigenvalue weighted by atomic mass is 10.1. The van der Waals surface area contributed by atoms with Crippen molar-refractivity contribution < 1.29 is 12.8 Å². The Bertz CT molecular complexity index is 943. The largest absolute Gasteiger partial charge is 0.544 e. The number of rotatable bonds is 6. The van der Waals surface area contributed by atoms with E-state index in [-0.39, 0.29) is 9.93 Å². The number of hydrogen-bond acceptors (Lipinski definition) is 4. The molecule has 0 fully saturated rings. The zero-order valence-corrected chi connectivity index (χ0v) is 19.5. The van der Waals surface area contributed by atoms with Gasteiger partial charge in [0.25, 0.3) is 10.0 Å². The number of hydrogen-bond donors (Lipinski definition) is 1. The third-order valence-corrected chi connectivity index (χ3v) is 10.7. The van der Waals surface area contributed by atoms with Gasteiger partial charge in [0.15, 0.2) is 0 Å². The van der Waals surface area contributed by atoms with Gasteiger partial charge in [0, 0.05) is 0 Å². The molecular formula is C21H30N2O3SSi. The van der Waals surface area contributed by atoms with Gasteiger partial charge >= 0.3 is 0 Å². The number of nitrogens with zero attached hydrogens (tertiary/aromatic N) is 1. The molecule has 2 aromatic carbocycles. The maximum absolute atomic E-state index is 12.4. The van der Waals surface area contributed by atoms with Crippen molar-refractivity contribution in [2.75, 3.05) is 0 Å². The van der Waals surface area contributed by atoms with Gasteiger partial charge in [-0.2, -0.15) is 18.4 Å². The Morgan fingerprint density at radius 1 is 1.00 bits per heavy atom. The molecule has 0 aromatic heterocycles. The minimum absolute atomic E-state index is 0.122. The van der Waals surface area contributed by atoms with Crippen molar-refractivity contribution in [1.82, 2.24) is 4.83 Å². The molecular weight excluding hydrogens is 388 g/mol. The lowest BCUT2D eigenvalue weighted by Gasteiger charge is -2.36. The average Bonchev–Trinajstić information content (AvgIpc) is 2.59. The van der Waals surface area contributed by atoms with Crippen LogP contribution in [0.2, 0.25) is 18.1 Å². The van der Waals surface area contributed by atoms with E-state index in [9.17, 15) is 8.42 Å².